The number of rotatable bonds is 5. The number of amides is 1. The van der Waals surface area contributed by atoms with Gasteiger partial charge in [0.1, 0.15) is 17.6 Å². The highest BCUT2D eigenvalue weighted by Crippen LogP contribution is 2.52. The van der Waals surface area contributed by atoms with Crippen molar-refractivity contribution in [3.05, 3.63) is 77.2 Å². The molecule has 2 aliphatic rings. The second kappa shape index (κ2) is 8.71. The number of carbonyl (C=O) groups excluding carboxylic acids is 1. The monoisotopic (exact) mass is 433 g/mol. The molecule has 3 atom stereocenters. The summed E-state index contributed by atoms with van der Waals surface area (Å²) in [4.78, 5) is 12.5. The van der Waals surface area contributed by atoms with Crippen LogP contribution in [0, 0.1) is 0 Å². The fraction of sp³-hybridized carbons (Fsp3) is 0.346. The lowest BCUT2D eigenvalue weighted by Crippen LogP contribution is -2.34. The van der Waals surface area contributed by atoms with E-state index in [1.807, 2.05) is 36.4 Å². The van der Waals surface area contributed by atoms with Gasteiger partial charge in [-0.25, -0.2) is 0 Å². The standard InChI is InChI=1S/C26H27NO5/c1-29-20-12-13-21(30-2)24-23(20)18-9-3-4-10-19(18)32-25(24)16-7-5-8-17(15-16)27-26(28)22-11-6-14-31-22/h5-8,11-15,18-19,25H,3-4,9-10H2,1-2H3,(H,27,28)/t18-,19-,25-/m1/s1. The summed E-state index contributed by atoms with van der Waals surface area (Å²) in [7, 11) is 3.40. The third-order valence-electron chi connectivity index (χ3n) is 6.49. The molecule has 3 aromatic rings. The summed E-state index contributed by atoms with van der Waals surface area (Å²) in [5, 5.41) is 2.91. The van der Waals surface area contributed by atoms with E-state index in [4.69, 9.17) is 18.6 Å². The molecule has 1 aromatic heterocycles. The van der Waals surface area contributed by atoms with Crippen LogP contribution < -0.4 is 14.8 Å². The van der Waals surface area contributed by atoms with Crippen molar-refractivity contribution in [2.75, 3.05) is 19.5 Å². The Balaban J connectivity index is 1.56. The number of methoxy groups -OCH3 is 2. The Bertz CT molecular complexity index is 1110. The van der Waals surface area contributed by atoms with Crippen LogP contribution in [0.5, 0.6) is 11.5 Å². The molecule has 0 unspecified atom stereocenters. The van der Waals surface area contributed by atoms with Crippen molar-refractivity contribution in [2.45, 2.75) is 43.8 Å². The Labute approximate surface area is 187 Å². The molecule has 6 nitrogen and oxygen atoms in total. The van der Waals surface area contributed by atoms with E-state index in [-0.39, 0.29) is 23.9 Å². The number of nitrogens with one attached hydrogen (secondary N) is 1. The predicted octanol–water partition coefficient (Wildman–Crippen LogP) is 5.69. The Kier molecular flexibility index (Phi) is 5.62. The number of furan rings is 1. The Morgan fingerprint density at radius 2 is 1.75 bits per heavy atom. The number of ether oxygens (including phenoxy) is 3. The molecular formula is C26H27NO5. The van der Waals surface area contributed by atoms with Crippen molar-refractivity contribution in [2.24, 2.45) is 0 Å². The molecule has 0 saturated heterocycles. The number of hydrogen-bond acceptors (Lipinski definition) is 5. The van der Waals surface area contributed by atoms with Gasteiger partial charge in [-0.1, -0.05) is 25.0 Å². The molecule has 0 radical (unpaired) electrons. The van der Waals surface area contributed by atoms with E-state index in [1.165, 1.54) is 18.2 Å². The summed E-state index contributed by atoms with van der Waals surface area (Å²) >= 11 is 0. The third kappa shape index (κ3) is 3.65. The fourth-order valence-corrected chi connectivity index (χ4v) is 5.06. The zero-order chi connectivity index (χ0) is 22.1. The van der Waals surface area contributed by atoms with Gasteiger partial charge in [0.05, 0.1) is 26.6 Å². The van der Waals surface area contributed by atoms with Gasteiger partial charge >= 0.3 is 0 Å². The van der Waals surface area contributed by atoms with Gasteiger partial charge in [-0.05, 0) is 54.8 Å². The molecule has 1 fully saturated rings. The largest absolute Gasteiger partial charge is 0.496 e. The second-order valence-corrected chi connectivity index (χ2v) is 8.30. The highest BCUT2D eigenvalue weighted by molar-refractivity contribution is 6.02. The summed E-state index contributed by atoms with van der Waals surface area (Å²) < 4.78 is 23.5. The van der Waals surface area contributed by atoms with Crippen LogP contribution in [-0.2, 0) is 4.74 Å². The molecule has 2 aromatic carbocycles. The topological polar surface area (TPSA) is 69.9 Å². The molecule has 0 spiro atoms. The van der Waals surface area contributed by atoms with Crippen molar-refractivity contribution < 1.29 is 23.4 Å². The lowest BCUT2D eigenvalue weighted by molar-refractivity contribution is -0.0406. The molecule has 1 saturated carbocycles. The average molecular weight is 434 g/mol. The zero-order valence-electron chi connectivity index (χ0n) is 18.3. The fourth-order valence-electron chi connectivity index (χ4n) is 5.06. The SMILES string of the molecule is COc1ccc(OC)c2c1[C@@H](c1cccc(NC(=O)c3ccco3)c1)O[C@@H]1CCCC[C@@H]21. The van der Waals surface area contributed by atoms with Crippen molar-refractivity contribution in [1.29, 1.82) is 0 Å². The zero-order valence-corrected chi connectivity index (χ0v) is 18.3. The lowest BCUT2D eigenvalue weighted by Gasteiger charge is -2.42. The Morgan fingerprint density at radius 1 is 0.969 bits per heavy atom. The van der Waals surface area contributed by atoms with Gasteiger partial charge in [-0.3, -0.25) is 4.79 Å². The number of anilines is 1. The molecular weight excluding hydrogens is 406 g/mol. The minimum absolute atomic E-state index is 0.128. The van der Waals surface area contributed by atoms with E-state index in [1.54, 1.807) is 26.4 Å². The van der Waals surface area contributed by atoms with Crippen molar-refractivity contribution >= 4 is 11.6 Å². The van der Waals surface area contributed by atoms with Gasteiger partial charge in [-0.2, -0.15) is 0 Å². The first-order chi connectivity index (χ1) is 15.7. The molecule has 1 amide bonds. The molecule has 1 N–H and O–H groups in total. The summed E-state index contributed by atoms with van der Waals surface area (Å²) in [6.45, 7) is 0. The molecule has 2 heterocycles. The van der Waals surface area contributed by atoms with Gasteiger partial charge in [-0.15, -0.1) is 0 Å². The van der Waals surface area contributed by atoms with Gasteiger partial charge in [0.25, 0.3) is 5.91 Å². The summed E-state index contributed by atoms with van der Waals surface area (Å²) in [5.41, 5.74) is 3.85. The number of carbonyl (C=O) groups is 1. The van der Waals surface area contributed by atoms with Crippen LogP contribution in [0.15, 0.2) is 59.2 Å². The summed E-state index contributed by atoms with van der Waals surface area (Å²) in [5.74, 6) is 1.95. The van der Waals surface area contributed by atoms with E-state index in [2.05, 4.69) is 5.32 Å². The quantitative estimate of drug-likeness (QED) is 0.559. The van der Waals surface area contributed by atoms with E-state index in [9.17, 15) is 4.79 Å². The molecule has 32 heavy (non-hydrogen) atoms. The third-order valence-corrected chi connectivity index (χ3v) is 6.49. The first-order valence-corrected chi connectivity index (χ1v) is 11.0. The average Bonchev–Trinajstić information content (AvgIpc) is 3.38. The van der Waals surface area contributed by atoms with Crippen molar-refractivity contribution in [3.8, 4) is 11.5 Å². The summed E-state index contributed by atoms with van der Waals surface area (Å²) in [6, 6.07) is 15.0. The molecule has 1 aliphatic carbocycles. The maximum absolute atomic E-state index is 12.5. The predicted molar refractivity (Wildman–Crippen MR) is 121 cm³/mol. The molecule has 5 rings (SSSR count). The first kappa shape index (κ1) is 20.6. The first-order valence-electron chi connectivity index (χ1n) is 11.0. The van der Waals surface area contributed by atoms with Crippen LogP contribution in [0.4, 0.5) is 5.69 Å². The highest BCUT2D eigenvalue weighted by atomic mass is 16.5. The highest BCUT2D eigenvalue weighted by Gasteiger charge is 2.41. The van der Waals surface area contributed by atoms with Crippen LogP contribution >= 0.6 is 0 Å². The van der Waals surface area contributed by atoms with Crippen LogP contribution in [0.3, 0.4) is 0 Å². The minimum Gasteiger partial charge on any atom is -0.496 e. The smallest absolute Gasteiger partial charge is 0.291 e. The number of fused-ring (bicyclic) bond motifs is 3. The lowest BCUT2D eigenvalue weighted by atomic mass is 9.75. The molecule has 166 valence electrons. The van der Waals surface area contributed by atoms with E-state index in [0.717, 1.165) is 41.9 Å². The van der Waals surface area contributed by atoms with Crippen LogP contribution in [0.2, 0.25) is 0 Å². The van der Waals surface area contributed by atoms with E-state index >= 15 is 0 Å². The minimum atomic E-state index is -0.310. The van der Waals surface area contributed by atoms with Crippen LogP contribution in [0.1, 0.15) is 65.0 Å². The van der Waals surface area contributed by atoms with E-state index in [0.29, 0.717) is 11.6 Å². The van der Waals surface area contributed by atoms with Crippen molar-refractivity contribution in [1.82, 2.24) is 0 Å². The Morgan fingerprint density at radius 3 is 2.50 bits per heavy atom. The maximum atomic E-state index is 12.5. The number of hydrogen-bond donors (Lipinski definition) is 1. The van der Waals surface area contributed by atoms with Gasteiger partial charge in [0.2, 0.25) is 0 Å². The van der Waals surface area contributed by atoms with Crippen molar-refractivity contribution in [3.63, 3.8) is 0 Å². The summed E-state index contributed by atoms with van der Waals surface area (Å²) in [6.07, 6.45) is 5.75. The number of benzene rings is 2. The van der Waals surface area contributed by atoms with Gasteiger partial charge in [0, 0.05) is 22.7 Å². The maximum Gasteiger partial charge on any atom is 0.291 e. The second-order valence-electron chi connectivity index (χ2n) is 8.30. The van der Waals surface area contributed by atoms with Gasteiger partial charge in [0.15, 0.2) is 5.76 Å². The Hall–Kier alpha value is -3.25. The van der Waals surface area contributed by atoms with Crippen LogP contribution in [-0.4, -0.2) is 26.2 Å². The van der Waals surface area contributed by atoms with Crippen LogP contribution in [0.25, 0.3) is 0 Å². The van der Waals surface area contributed by atoms with E-state index < -0.39 is 0 Å². The molecule has 0 bridgehead atoms. The normalized spacial score (nSPS) is 21.9. The molecule has 6 heteroatoms. The van der Waals surface area contributed by atoms with Gasteiger partial charge < -0.3 is 23.9 Å². The molecule has 1 aliphatic heterocycles.